The smallest absolute Gasteiger partial charge is 0.311 e. The summed E-state index contributed by atoms with van der Waals surface area (Å²) in [4.78, 5) is 120. The van der Waals surface area contributed by atoms with Gasteiger partial charge in [-0.25, -0.2) is 0 Å². The lowest BCUT2D eigenvalue weighted by Gasteiger charge is -2.50. The van der Waals surface area contributed by atoms with Crippen molar-refractivity contribution in [3.05, 3.63) is 70.8 Å². The Bertz CT molecular complexity index is 2260. The van der Waals surface area contributed by atoms with Crippen molar-refractivity contribution in [3.8, 4) is 0 Å². The van der Waals surface area contributed by atoms with Crippen molar-refractivity contribution < 1.29 is 95.3 Å². The molecule has 2 saturated heterocycles. The minimum absolute atomic E-state index is 0.000444. The van der Waals surface area contributed by atoms with E-state index < -0.39 is 145 Å². The summed E-state index contributed by atoms with van der Waals surface area (Å²) >= 11 is 0. The summed E-state index contributed by atoms with van der Waals surface area (Å²) in [6.07, 6.45) is -16.4. The summed E-state index contributed by atoms with van der Waals surface area (Å²) in [5, 5.41) is 0. The number of imide groups is 1. The molecule has 11 atom stereocenters. The first-order valence-electron chi connectivity index (χ1n) is 22.5. The molecule has 2 aromatic rings. The van der Waals surface area contributed by atoms with E-state index in [1.54, 1.807) is 72.7 Å². The summed E-state index contributed by atoms with van der Waals surface area (Å²) < 4.78 is 66.1. The van der Waals surface area contributed by atoms with E-state index >= 15 is 0 Å². The molecule has 3 aliphatic rings. The van der Waals surface area contributed by atoms with Crippen molar-refractivity contribution in [1.29, 1.82) is 0 Å². The second kappa shape index (κ2) is 22.6. The van der Waals surface area contributed by atoms with Crippen LogP contribution in [0.2, 0.25) is 0 Å². The summed E-state index contributed by atoms with van der Waals surface area (Å²) in [5.74, 6) is -7.43. The Labute approximate surface area is 404 Å². The van der Waals surface area contributed by atoms with E-state index in [4.69, 9.17) is 52.1 Å². The maximum Gasteiger partial charge on any atom is 0.311 e. The van der Waals surface area contributed by atoms with Gasteiger partial charge < -0.3 is 52.1 Å². The highest BCUT2D eigenvalue weighted by molar-refractivity contribution is 6.21. The van der Waals surface area contributed by atoms with E-state index in [1.807, 2.05) is 0 Å². The van der Waals surface area contributed by atoms with Crippen molar-refractivity contribution >= 4 is 53.6 Å². The molecule has 2 aromatic carbocycles. The van der Waals surface area contributed by atoms with Crippen LogP contribution in [0.3, 0.4) is 0 Å². The Hall–Kier alpha value is -6.29. The van der Waals surface area contributed by atoms with Gasteiger partial charge in [-0.15, -0.1) is 0 Å². The van der Waals surface area contributed by atoms with Crippen LogP contribution in [0.15, 0.2) is 48.5 Å². The Kier molecular flexibility index (Phi) is 17.7. The lowest BCUT2D eigenvalue weighted by atomic mass is 9.93. The Morgan fingerprint density at radius 1 is 0.557 bits per heavy atom. The zero-order chi connectivity index (χ0) is 52.0. The van der Waals surface area contributed by atoms with Crippen LogP contribution < -0.4 is 0 Å². The minimum Gasteiger partial charge on any atom is -0.463 e. The summed E-state index contributed by atoms with van der Waals surface area (Å²) in [5.41, 5.74) is -1.14. The molecule has 0 N–H and O–H groups in total. The number of carbonyl (C=O) groups is 9. The first kappa shape index (κ1) is 54.6. The fourth-order valence-electron chi connectivity index (χ4n) is 7.66. The fraction of sp³-hybridized carbons (Fsp3) is 0.571. The predicted octanol–water partition coefficient (Wildman–Crippen LogP) is 4.23. The molecule has 0 aromatic heterocycles. The van der Waals surface area contributed by atoms with E-state index in [1.165, 1.54) is 31.2 Å². The first-order valence-corrected chi connectivity index (χ1v) is 22.5. The molecule has 3 heterocycles. The third-order valence-electron chi connectivity index (χ3n) is 11.1. The van der Waals surface area contributed by atoms with E-state index in [2.05, 4.69) is 0 Å². The van der Waals surface area contributed by atoms with Crippen LogP contribution in [0.25, 0.3) is 0 Å². The van der Waals surface area contributed by atoms with E-state index in [-0.39, 0.29) is 17.7 Å². The second-order valence-corrected chi connectivity index (χ2v) is 19.0. The molecule has 0 saturated carbocycles. The third kappa shape index (κ3) is 13.5. The monoisotopic (exact) mass is 983 g/mol. The van der Waals surface area contributed by atoms with Crippen LogP contribution in [0.1, 0.15) is 121 Å². The lowest BCUT2D eigenvalue weighted by molar-refractivity contribution is -0.358. The van der Waals surface area contributed by atoms with Crippen LogP contribution in [0, 0.1) is 10.8 Å². The first-order chi connectivity index (χ1) is 32.7. The second-order valence-electron chi connectivity index (χ2n) is 19.0. The van der Waals surface area contributed by atoms with Crippen molar-refractivity contribution in [3.63, 3.8) is 0 Å². The van der Waals surface area contributed by atoms with Crippen LogP contribution >= 0.6 is 0 Å². The van der Waals surface area contributed by atoms with E-state index in [9.17, 15) is 43.2 Å². The lowest BCUT2D eigenvalue weighted by Crippen LogP contribution is -2.70. The molecule has 2 fully saturated rings. The molecule has 0 bridgehead atoms. The number of ether oxygens (including phenoxy) is 11. The molecule has 0 aliphatic carbocycles. The van der Waals surface area contributed by atoms with Crippen LogP contribution in [0.5, 0.6) is 0 Å². The van der Waals surface area contributed by atoms with Crippen LogP contribution in [-0.2, 0) is 92.3 Å². The minimum atomic E-state index is -2.02. The zero-order valence-corrected chi connectivity index (χ0v) is 41.2. The highest BCUT2D eigenvalue weighted by Crippen LogP contribution is 2.40. The predicted molar refractivity (Wildman–Crippen MR) is 237 cm³/mol. The summed E-state index contributed by atoms with van der Waals surface area (Å²) in [7, 11) is 0. The number of fused-ring (bicyclic) bond motifs is 1. The van der Waals surface area contributed by atoms with Crippen LogP contribution in [0.4, 0.5) is 0 Å². The Balaban J connectivity index is 1.73. The highest BCUT2D eigenvalue weighted by Gasteiger charge is 2.61. The number of nitrogens with zero attached hydrogens (tertiary/aromatic N) is 1. The number of rotatable bonds is 16. The van der Waals surface area contributed by atoms with Gasteiger partial charge in [-0.3, -0.25) is 48.1 Å². The summed E-state index contributed by atoms with van der Waals surface area (Å²) in [6.45, 7) is 15.4. The van der Waals surface area contributed by atoms with Crippen molar-refractivity contribution in [2.75, 3.05) is 13.2 Å². The van der Waals surface area contributed by atoms with Gasteiger partial charge in [0.25, 0.3) is 11.8 Å². The van der Waals surface area contributed by atoms with Gasteiger partial charge in [-0.2, -0.15) is 0 Å². The average Bonchev–Trinajstić information content (AvgIpc) is 3.51. The molecule has 0 radical (unpaired) electrons. The van der Waals surface area contributed by atoms with Crippen molar-refractivity contribution in [1.82, 2.24) is 4.90 Å². The van der Waals surface area contributed by atoms with Crippen molar-refractivity contribution in [2.24, 2.45) is 10.8 Å². The maximum atomic E-state index is 14.4. The van der Waals surface area contributed by atoms with Gasteiger partial charge in [-0.1, -0.05) is 36.4 Å². The van der Waals surface area contributed by atoms with Gasteiger partial charge in [0.15, 0.2) is 37.0 Å². The van der Waals surface area contributed by atoms with E-state index in [0.717, 1.165) is 27.7 Å². The van der Waals surface area contributed by atoms with Crippen molar-refractivity contribution in [2.45, 2.75) is 157 Å². The number of amides is 2. The maximum absolute atomic E-state index is 14.4. The molecule has 3 aliphatic heterocycles. The molecule has 21 nitrogen and oxygen atoms in total. The molecular formula is C49H61NO20. The number of hydrogen-bond acceptors (Lipinski definition) is 20. The Morgan fingerprint density at radius 3 is 1.51 bits per heavy atom. The molecule has 70 heavy (non-hydrogen) atoms. The topological polar surface area (TPSA) is 258 Å². The molecule has 1 unspecified atom stereocenters. The zero-order valence-electron chi connectivity index (χ0n) is 41.2. The number of benzene rings is 2. The number of hydrogen-bond donors (Lipinski definition) is 0. The average molecular weight is 984 g/mol. The number of carbonyl (C=O) groups excluding carboxylic acids is 9. The molecule has 0 spiro atoms. The normalized spacial score (nSPS) is 26.0. The highest BCUT2D eigenvalue weighted by atomic mass is 16.8. The Morgan fingerprint density at radius 2 is 1.03 bits per heavy atom. The van der Waals surface area contributed by atoms with Gasteiger partial charge in [0.2, 0.25) is 0 Å². The third-order valence-corrected chi connectivity index (χ3v) is 11.1. The van der Waals surface area contributed by atoms with Gasteiger partial charge in [0, 0.05) is 34.6 Å². The standard InChI is InChI=1S/C49H61NO20/c1-24(31-19-17-30(18-20-31)21-60-25(2)51)63-45-41(70-47(59)49(10,11)12)40(38(65-28(5)54)35(68-45)23-62-46(58)48(7,8)9)69-44-36(50-42(56)32-15-13-14-16-33(32)43(50)57)39(66-29(6)55)37(64-27(4)53)34(67-44)22-61-26(3)52/h13-20,24,34-41,44-45H,21-23H2,1-12H3/t24?,34-,35-,36-,37-,38+,39-,40+,41-,44+,45-/m1/s1. The molecule has 21 heteroatoms. The summed E-state index contributed by atoms with van der Waals surface area (Å²) in [6, 6.07) is 10.7. The van der Waals surface area contributed by atoms with Crippen LogP contribution in [-0.4, -0.2) is 133 Å². The quantitative estimate of drug-likeness (QED) is 0.129. The van der Waals surface area contributed by atoms with Gasteiger partial charge in [-0.05, 0) is 71.7 Å². The van der Waals surface area contributed by atoms with Gasteiger partial charge in [0.05, 0.1) is 28.1 Å². The largest absolute Gasteiger partial charge is 0.463 e. The molecule has 382 valence electrons. The van der Waals surface area contributed by atoms with Gasteiger partial charge >= 0.3 is 41.8 Å². The number of esters is 7. The molecular weight excluding hydrogens is 923 g/mol. The van der Waals surface area contributed by atoms with Gasteiger partial charge in [0.1, 0.15) is 44.2 Å². The molecule has 2 amide bonds. The van der Waals surface area contributed by atoms with E-state index in [0.29, 0.717) is 16.0 Å². The fourth-order valence-corrected chi connectivity index (χ4v) is 7.66. The molecule has 5 rings (SSSR count). The SMILES string of the molecule is CC(=O)OCc1ccc(C(C)O[C@@H]2O[C@H](COC(=O)C(C)(C)C)[C@H](OC(C)=O)[C@H](O[C@@H]3O[C@H](COC(C)=O)[C@@H](OC(C)=O)[C@H](OC(C)=O)[C@H]3N3C(=O)c4ccccc4C3=O)[C@H]2OC(=O)C(C)(C)C)cc1.